The molecule has 8 heteroatoms. The molecule has 0 bridgehead atoms. The van der Waals surface area contributed by atoms with E-state index in [4.69, 9.17) is 0 Å². The molecule has 0 radical (unpaired) electrons. The number of guanidine groups is 1. The molecule has 1 aliphatic rings. The van der Waals surface area contributed by atoms with Crippen molar-refractivity contribution in [2.24, 2.45) is 10.9 Å². The van der Waals surface area contributed by atoms with Gasteiger partial charge in [0.1, 0.15) is 0 Å². The molecular weight excluding hydrogens is 423 g/mol. The van der Waals surface area contributed by atoms with Gasteiger partial charge in [-0.15, -0.1) is 24.0 Å². The zero-order valence-electron chi connectivity index (χ0n) is 14.7. The summed E-state index contributed by atoms with van der Waals surface area (Å²) >= 11 is 0. The van der Waals surface area contributed by atoms with Crippen LogP contribution < -0.4 is 16.0 Å². The van der Waals surface area contributed by atoms with E-state index in [-0.39, 0.29) is 41.8 Å². The van der Waals surface area contributed by atoms with E-state index >= 15 is 0 Å². The van der Waals surface area contributed by atoms with Gasteiger partial charge in [0.2, 0.25) is 5.91 Å². The van der Waals surface area contributed by atoms with Crippen molar-refractivity contribution in [1.29, 1.82) is 0 Å². The second-order valence-corrected chi connectivity index (χ2v) is 5.64. The highest BCUT2D eigenvalue weighted by Crippen LogP contribution is 2.28. The van der Waals surface area contributed by atoms with Gasteiger partial charge in [0.05, 0.1) is 7.11 Å². The number of nitrogens with one attached hydrogen (secondary N) is 3. The number of amides is 1. The molecule has 1 rings (SSSR count). The molecule has 0 atom stereocenters. The fourth-order valence-electron chi connectivity index (χ4n) is 2.05. The van der Waals surface area contributed by atoms with Crippen LogP contribution in [0.15, 0.2) is 4.99 Å². The molecule has 3 N–H and O–H groups in total. The Morgan fingerprint density at radius 3 is 2.42 bits per heavy atom. The lowest BCUT2D eigenvalue weighted by Gasteiger charge is -2.11. The fraction of sp³-hybridized carbons (Fsp3) is 0.812. The maximum absolute atomic E-state index is 11.5. The van der Waals surface area contributed by atoms with Crippen molar-refractivity contribution in [1.82, 2.24) is 16.0 Å². The third-order valence-electron chi connectivity index (χ3n) is 3.55. The zero-order valence-corrected chi connectivity index (χ0v) is 17.1. The third kappa shape index (κ3) is 11.5. The molecule has 0 aliphatic heterocycles. The summed E-state index contributed by atoms with van der Waals surface area (Å²) in [5.41, 5.74) is 0. The van der Waals surface area contributed by atoms with Crippen LogP contribution in [-0.4, -0.2) is 51.1 Å². The van der Waals surface area contributed by atoms with E-state index in [1.807, 2.05) is 6.92 Å². The standard InChI is InChI=1S/C16H30N4O3.HI/c1-3-17-16(19-10-6-4-5-7-14(21)23-2)20-12-11-18-15(22)13-8-9-13;/h13H,3-12H2,1-2H3,(H,18,22)(H2,17,19,20);1H. The van der Waals surface area contributed by atoms with Crippen LogP contribution in [0.1, 0.15) is 45.4 Å². The maximum atomic E-state index is 11.5. The molecule has 1 saturated carbocycles. The predicted octanol–water partition coefficient (Wildman–Crippen LogP) is 1.42. The first kappa shape index (κ1) is 22.9. The number of hydrogen-bond acceptors (Lipinski definition) is 4. The largest absolute Gasteiger partial charge is 0.469 e. The van der Waals surface area contributed by atoms with Crippen molar-refractivity contribution in [2.45, 2.75) is 45.4 Å². The Balaban J connectivity index is 0.00000529. The fourth-order valence-corrected chi connectivity index (χ4v) is 2.05. The molecule has 1 aliphatic carbocycles. The number of aliphatic imine (C=N–C) groups is 1. The van der Waals surface area contributed by atoms with Crippen LogP contribution in [0.4, 0.5) is 0 Å². The SMILES string of the molecule is CCNC(=NCCCCCC(=O)OC)NCCNC(=O)C1CC1.I. The van der Waals surface area contributed by atoms with Crippen LogP contribution >= 0.6 is 24.0 Å². The summed E-state index contributed by atoms with van der Waals surface area (Å²) in [5, 5.41) is 9.29. The molecule has 0 unspecified atom stereocenters. The van der Waals surface area contributed by atoms with Gasteiger partial charge in [-0.25, -0.2) is 0 Å². The van der Waals surface area contributed by atoms with E-state index < -0.39 is 0 Å². The highest BCUT2D eigenvalue weighted by atomic mass is 127. The number of halogens is 1. The van der Waals surface area contributed by atoms with Gasteiger partial charge in [-0.3, -0.25) is 14.6 Å². The molecule has 0 aromatic rings. The minimum Gasteiger partial charge on any atom is -0.469 e. The second kappa shape index (κ2) is 14.3. The van der Waals surface area contributed by atoms with Gasteiger partial charge in [0.25, 0.3) is 0 Å². The molecule has 0 aromatic carbocycles. The number of unbranched alkanes of at least 4 members (excludes halogenated alkanes) is 2. The Morgan fingerprint density at radius 2 is 1.79 bits per heavy atom. The molecule has 0 aromatic heterocycles. The van der Waals surface area contributed by atoms with Crippen LogP contribution in [0.2, 0.25) is 0 Å². The second-order valence-electron chi connectivity index (χ2n) is 5.64. The van der Waals surface area contributed by atoms with E-state index in [2.05, 4.69) is 25.7 Å². The molecule has 0 heterocycles. The normalized spacial score (nSPS) is 13.7. The minimum atomic E-state index is -0.156. The molecule has 1 fully saturated rings. The number of carbonyl (C=O) groups is 2. The van der Waals surface area contributed by atoms with Gasteiger partial charge in [-0.05, 0) is 32.6 Å². The summed E-state index contributed by atoms with van der Waals surface area (Å²) < 4.78 is 4.60. The summed E-state index contributed by atoms with van der Waals surface area (Å²) in [6, 6.07) is 0. The first-order valence-corrected chi connectivity index (χ1v) is 8.54. The predicted molar refractivity (Wildman–Crippen MR) is 106 cm³/mol. The van der Waals surface area contributed by atoms with Gasteiger partial charge in [0.15, 0.2) is 5.96 Å². The van der Waals surface area contributed by atoms with Gasteiger partial charge in [-0.2, -0.15) is 0 Å². The quantitative estimate of drug-likeness (QED) is 0.144. The topological polar surface area (TPSA) is 91.8 Å². The molecule has 140 valence electrons. The van der Waals surface area contributed by atoms with Gasteiger partial charge in [0, 0.05) is 38.5 Å². The zero-order chi connectivity index (χ0) is 16.9. The third-order valence-corrected chi connectivity index (χ3v) is 3.55. The van der Waals surface area contributed by atoms with Crippen molar-refractivity contribution < 1.29 is 14.3 Å². The van der Waals surface area contributed by atoms with Crippen LogP contribution in [0.3, 0.4) is 0 Å². The van der Waals surface area contributed by atoms with Crippen LogP contribution in [0.5, 0.6) is 0 Å². The summed E-state index contributed by atoms with van der Waals surface area (Å²) in [6.45, 7) is 4.79. The number of carbonyl (C=O) groups excluding carboxylic acids is 2. The molecule has 1 amide bonds. The van der Waals surface area contributed by atoms with E-state index in [9.17, 15) is 9.59 Å². The van der Waals surface area contributed by atoms with E-state index in [0.717, 1.165) is 44.6 Å². The van der Waals surface area contributed by atoms with Gasteiger partial charge < -0.3 is 20.7 Å². The van der Waals surface area contributed by atoms with Crippen molar-refractivity contribution in [3.05, 3.63) is 0 Å². The van der Waals surface area contributed by atoms with Crippen LogP contribution in [0, 0.1) is 5.92 Å². The van der Waals surface area contributed by atoms with Crippen molar-refractivity contribution in [2.75, 3.05) is 33.3 Å². The number of nitrogens with zero attached hydrogens (tertiary/aromatic N) is 1. The van der Waals surface area contributed by atoms with Crippen LogP contribution in [-0.2, 0) is 14.3 Å². The first-order valence-electron chi connectivity index (χ1n) is 8.54. The molecule has 0 spiro atoms. The lowest BCUT2D eigenvalue weighted by molar-refractivity contribution is -0.140. The summed E-state index contributed by atoms with van der Waals surface area (Å²) in [6.07, 6.45) is 5.25. The number of ether oxygens (including phenoxy) is 1. The maximum Gasteiger partial charge on any atom is 0.305 e. The monoisotopic (exact) mass is 454 g/mol. The average molecular weight is 454 g/mol. The molecule has 7 nitrogen and oxygen atoms in total. The van der Waals surface area contributed by atoms with E-state index in [1.54, 1.807) is 0 Å². The highest BCUT2D eigenvalue weighted by molar-refractivity contribution is 14.0. The molecular formula is C16H31IN4O3. The number of methoxy groups -OCH3 is 1. The minimum absolute atomic E-state index is 0. The number of rotatable bonds is 11. The summed E-state index contributed by atoms with van der Waals surface area (Å²) in [5.74, 6) is 1.03. The lowest BCUT2D eigenvalue weighted by Crippen LogP contribution is -2.41. The molecule has 0 saturated heterocycles. The van der Waals surface area contributed by atoms with Crippen molar-refractivity contribution >= 4 is 41.8 Å². The highest BCUT2D eigenvalue weighted by Gasteiger charge is 2.28. The first-order chi connectivity index (χ1) is 11.2. The van der Waals surface area contributed by atoms with E-state index in [0.29, 0.717) is 26.1 Å². The van der Waals surface area contributed by atoms with Gasteiger partial charge >= 0.3 is 5.97 Å². The lowest BCUT2D eigenvalue weighted by atomic mass is 10.2. The number of esters is 1. The van der Waals surface area contributed by atoms with Crippen molar-refractivity contribution in [3.8, 4) is 0 Å². The summed E-state index contributed by atoms with van der Waals surface area (Å²) in [7, 11) is 1.41. The Bertz CT molecular complexity index is 401. The Morgan fingerprint density at radius 1 is 1.08 bits per heavy atom. The van der Waals surface area contributed by atoms with Gasteiger partial charge in [-0.1, -0.05) is 6.42 Å². The summed E-state index contributed by atoms with van der Waals surface area (Å²) in [4.78, 5) is 27.0. The molecule has 24 heavy (non-hydrogen) atoms. The van der Waals surface area contributed by atoms with Crippen molar-refractivity contribution in [3.63, 3.8) is 0 Å². The Labute approximate surface area is 161 Å². The van der Waals surface area contributed by atoms with E-state index in [1.165, 1.54) is 7.11 Å². The number of hydrogen-bond donors (Lipinski definition) is 3. The Kier molecular flexibility index (Phi) is 13.7. The smallest absolute Gasteiger partial charge is 0.305 e. The van der Waals surface area contributed by atoms with Crippen LogP contribution in [0.25, 0.3) is 0 Å². The average Bonchev–Trinajstić information content (AvgIpc) is 3.38. The Hall–Kier alpha value is -1.06.